The highest BCUT2D eigenvalue weighted by Gasteiger charge is 2.47. The molecular weight excluding hydrogens is 517 g/mol. The maximum Gasteiger partial charge on any atom is 0.411 e. The Morgan fingerprint density at radius 3 is 2.42 bits per heavy atom. The van der Waals surface area contributed by atoms with Gasteiger partial charge in [-0.2, -0.15) is 0 Å². The van der Waals surface area contributed by atoms with E-state index in [1.54, 1.807) is 72.8 Å². The maximum absolute atomic E-state index is 13.4. The van der Waals surface area contributed by atoms with E-state index < -0.39 is 30.0 Å². The molecular formula is C30H26FN3O6. The van der Waals surface area contributed by atoms with E-state index in [4.69, 9.17) is 13.9 Å². The topological polar surface area (TPSA) is 110 Å². The van der Waals surface area contributed by atoms with Gasteiger partial charge in [-0.15, -0.1) is 0 Å². The second-order valence-electron chi connectivity index (χ2n) is 9.08. The molecule has 204 valence electrons. The SMILES string of the molecule is COc1ccccc1C(=O)Nc1ccc([C@H]2OC(=O)N(Cc3ccc(F)cc3)[C@H]2C(=O)NCc2ccco2)cc1. The van der Waals surface area contributed by atoms with E-state index in [0.29, 0.717) is 33.9 Å². The smallest absolute Gasteiger partial charge is 0.411 e. The van der Waals surface area contributed by atoms with Crippen LogP contribution in [0.4, 0.5) is 14.9 Å². The fourth-order valence-electron chi connectivity index (χ4n) is 4.48. The molecule has 1 aromatic heterocycles. The molecule has 40 heavy (non-hydrogen) atoms. The van der Waals surface area contributed by atoms with E-state index >= 15 is 0 Å². The number of anilines is 1. The van der Waals surface area contributed by atoms with Gasteiger partial charge < -0.3 is 24.5 Å². The van der Waals surface area contributed by atoms with Crippen molar-refractivity contribution in [2.75, 3.05) is 12.4 Å². The summed E-state index contributed by atoms with van der Waals surface area (Å²) in [6.45, 7) is 0.170. The number of hydrogen-bond donors (Lipinski definition) is 2. The van der Waals surface area contributed by atoms with Crippen LogP contribution < -0.4 is 15.4 Å². The van der Waals surface area contributed by atoms with Crippen LogP contribution in [0.15, 0.2) is 95.6 Å². The van der Waals surface area contributed by atoms with E-state index in [2.05, 4.69) is 10.6 Å². The second kappa shape index (κ2) is 11.7. The molecule has 0 aliphatic carbocycles. The zero-order valence-corrected chi connectivity index (χ0v) is 21.5. The van der Waals surface area contributed by atoms with Crippen LogP contribution in [-0.2, 0) is 22.6 Å². The number of methoxy groups -OCH3 is 1. The number of furan rings is 1. The lowest BCUT2D eigenvalue weighted by atomic mass is 10.00. The standard InChI is InChI=1S/C30H26FN3O6/c1-38-25-7-3-2-6-24(25)28(35)33-22-14-10-20(11-15-22)27-26(29(36)32-17-23-5-4-16-39-23)34(30(37)40-27)18-19-8-12-21(31)13-9-19/h2-16,26-27H,17-18H2,1H3,(H,32,36)(H,33,35)/t26-,27-/m1/s1. The average molecular weight is 544 g/mol. The molecule has 2 N–H and O–H groups in total. The minimum absolute atomic E-state index is 0.0432. The number of ether oxygens (including phenoxy) is 2. The molecule has 2 heterocycles. The molecule has 0 radical (unpaired) electrons. The monoisotopic (exact) mass is 543 g/mol. The first-order valence-electron chi connectivity index (χ1n) is 12.5. The van der Waals surface area contributed by atoms with Crippen LogP contribution in [0.2, 0.25) is 0 Å². The number of para-hydroxylation sites is 1. The highest BCUT2D eigenvalue weighted by atomic mass is 19.1. The predicted octanol–water partition coefficient (Wildman–Crippen LogP) is 5.06. The highest BCUT2D eigenvalue weighted by molar-refractivity contribution is 6.06. The Kier molecular flexibility index (Phi) is 7.77. The third-order valence-electron chi connectivity index (χ3n) is 6.49. The minimum atomic E-state index is -1.01. The summed E-state index contributed by atoms with van der Waals surface area (Å²) in [4.78, 5) is 40.5. The van der Waals surface area contributed by atoms with Gasteiger partial charge in [-0.1, -0.05) is 36.4 Å². The molecule has 5 rings (SSSR count). The number of halogens is 1. The van der Waals surface area contributed by atoms with Crippen LogP contribution in [0.25, 0.3) is 0 Å². The third-order valence-corrected chi connectivity index (χ3v) is 6.49. The molecule has 1 aliphatic rings. The quantitative estimate of drug-likeness (QED) is 0.306. The molecule has 1 fully saturated rings. The minimum Gasteiger partial charge on any atom is -0.496 e. The van der Waals surface area contributed by atoms with Crippen LogP contribution in [0.1, 0.15) is 33.3 Å². The molecule has 1 saturated heterocycles. The van der Waals surface area contributed by atoms with Gasteiger partial charge in [-0.3, -0.25) is 14.5 Å². The van der Waals surface area contributed by atoms with Crippen molar-refractivity contribution >= 4 is 23.6 Å². The average Bonchev–Trinajstić information content (AvgIpc) is 3.61. The summed E-state index contributed by atoms with van der Waals surface area (Å²) in [5, 5.41) is 5.62. The number of amides is 3. The summed E-state index contributed by atoms with van der Waals surface area (Å²) in [6, 6.07) is 21.7. The summed E-state index contributed by atoms with van der Waals surface area (Å²) in [5.41, 5.74) is 2.08. The lowest BCUT2D eigenvalue weighted by molar-refractivity contribution is -0.126. The van der Waals surface area contributed by atoms with E-state index in [1.165, 1.54) is 30.4 Å². The number of nitrogens with one attached hydrogen (secondary N) is 2. The molecule has 9 nitrogen and oxygen atoms in total. The fourth-order valence-corrected chi connectivity index (χ4v) is 4.48. The van der Waals surface area contributed by atoms with Crippen molar-refractivity contribution in [2.24, 2.45) is 0 Å². The first kappa shape index (κ1) is 26.5. The largest absolute Gasteiger partial charge is 0.496 e. The van der Waals surface area contributed by atoms with E-state index in [9.17, 15) is 18.8 Å². The number of carbonyl (C=O) groups excluding carboxylic acids is 3. The van der Waals surface area contributed by atoms with E-state index in [-0.39, 0.29) is 19.0 Å². The predicted molar refractivity (Wildman–Crippen MR) is 143 cm³/mol. The normalized spacial score (nSPS) is 16.4. The second-order valence-corrected chi connectivity index (χ2v) is 9.08. The van der Waals surface area contributed by atoms with Gasteiger partial charge in [0, 0.05) is 5.69 Å². The molecule has 1 aliphatic heterocycles. The Labute approximate surface area is 229 Å². The van der Waals surface area contributed by atoms with Crippen LogP contribution in [0, 0.1) is 5.82 Å². The van der Waals surface area contributed by atoms with Crippen molar-refractivity contribution in [3.63, 3.8) is 0 Å². The first-order chi connectivity index (χ1) is 19.4. The molecule has 0 unspecified atom stereocenters. The van der Waals surface area contributed by atoms with Crippen molar-refractivity contribution in [2.45, 2.75) is 25.2 Å². The highest BCUT2D eigenvalue weighted by Crippen LogP contribution is 2.35. The molecule has 0 bridgehead atoms. The van der Waals surface area contributed by atoms with Gasteiger partial charge in [-0.05, 0) is 59.7 Å². The summed E-state index contributed by atoms with van der Waals surface area (Å²) in [5.74, 6) is -0.202. The van der Waals surface area contributed by atoms with Gasteiger partial charge in [0.25, 0.3) is 5.91 Å². The number of benzene rings is 3. The van der Waals surface area contributed by atoms with Crippen LogP contribution in [0.5, 0.6) is 5.75 Å². The van der Waals surface area contributed by atoms with Gasteiger partial charge >= 0.3 is 6.09 Å². The van der Waals surface area contributed by atoms with E-state index in [0.717, 1.165) is 0 Å². The number of cyclic esters (lactones) is 1. The summed E-state index contributed by atoms with van der Waals surface area (Å²) < 4.78 is 29.7. The van der Waals surface area contributed by atoms with Crippen LogP contribution in [-0.4, -0.2) is 36.0 Å². The van der Waals surface area contributed by atoms with Crippen LogP contribution in [0.3, 0.4) is 0 Å². The Morgan fingerprint density at radius 1 is 0.975 bits per heavy atom. The molecule has 10 heteroatoms. The van der Waals surface area contributed by atoms with Gasteiger partial charge in [0.1, 0.15) is 17.3 Å². The van der Waals surface area contributed by atoms with Gasteiger partial charge in [0.15, 0.2) is 12.1 Å². The fraction of sp³-hybridized carbons (Fsp3) is 0.167. The number of hydrogen-bond acceptors (Lipinski definition) is 6. The van der Waals surface area contributed by atoms with Gasteiger partial charge in [0.2, 0.25) is 5.91 Å². The zero-order valence-electron chi connectivity index (χ0n) is 21.5. The van der Waals surface area contributed by atoms with E-state index in [1.807, 2.05) is 0 Å². The summed E-state index contributed by atoms with van der Waals surface area (Å²) in [7, 11) is 1.49. The van der Waals surface area contributed by atoms with Crippen molar-refractivity contribution < 1.29 is 32.7 Å². The maximum atomic E-state index is 13.4. The third kappa shape index (κ3) is 5.80. The number of rotatable bonds is 9. The summed E-state index contributed by atoms with van der Waals surface area (Å²) in [6.07, 6.45) is -0.105. The Morgan fingerprint density at radius 2 is 1.73 bits per heavy atom. The Hall–Kier alpha value is -5.12. The number of carbonyl (C=O) groups is 3. The molecule has 3 aromatic carbocycles. The molecule has 3 amide bonds. The van der Waals surface area contributed by atoms with Crippen molar-refractivity contribution in [3.05, 3.63) is 119 Å². The van der Waals surface area contributed by atoms with Crippen molar-refractivity contribution in [3.8, 4) is 5.75 Å². The van der Waals surface area contributed by atoms with Crippen molar-refractivity contribution in [1.29, 1.82) is 0 Å². The van der Waals surface area contributed by atoms with Crippen LogP contribution >= 0.6 is 0 Å². The molecule has 4 aromatic rings. The molecule has 2 atom stereocenters. The molecule has 0 saturated carbocycles. The summed E-state index contributed by atoms with van der Waals surface area (Å²) >= 11 is 0. The Balaban J connectivity index is 1.36. The van der Waals surface area contributed by atoms with Gasteiger partial charge in [0.05, 0.1) is 32.0 Å². The number of nitrogens with zero attached hydrogens (tertiary/aromatic N) is 1. The zero-order chi connectivity index (χ0) is 28.1. The lowest BCUT2D eigenvalue weighted by Gasteiger charge is -2.24. The molecule has 0 spiro atoms. The van der Waals surface area contributed by atoms with Gasteiger partial charge in [-0.25, -0.2) is 9.18 Å². The first-order valence-corrected chi connectivity index (χ1v) is 12.5. The lowest BCUT2D eigenvalue weighted by Crippen LogP contribution is -2.46. The Bertz CT molecular complexity index is 1490. The van der Waals surface area contributed by atoms with Crippen molar-refractivity contribution in [1.82, 2.24) is 10.2 Å².